The third-order valence-electron chi connectivity index (χ3n) is 6.28. The van der Waals surface area contributed by atoms with Gasteiger partial charge in [-0.2, -0.15) is 0 Å². The van der Waals surface area contributed by atoms with Crippen LogP contribution in [0.15, 0.2) is 103 Å². The fourth-order valence-electron chi connectivity index (χ4n) is 4.46. The summed E-state index contributed by atoms with van der Waals surface area (Å²) in [4.78, 5) is 17.5. The first-order valence-corrected chi connectivity index (χ1v) is 12.8. The van der Waals surface area contributed by atoms with Gasteiger partial charge in [0.25, 0.3) is 0 Å². The Kier molecular flexibility index (Phi) is 11.2. The maximum atomic E-state index is 13.4. The van der Waals surface area contributed by atoms with Gasteiger partial charge in [0.1, 0.15) is 0 Å². The molecule has 0 spiro atoms. The first-order valence-electron chi connectivity index (χ1n) is 12.8. The average molecular weight is 485 g/mol. The molecule has 0 bridgehead atoms. The van der Waals surface area contributed by atoms with E-state index in [2.05, 4.69) is 77.7 Å². The van der Waals surface area contributed by atoms with E-state index in [4.69, 9.17) is 0 Å². The van der Waals surface area contributed by atoms with Crippen molar-refractivity contribution in [2.75, 3.05) is 52.1 Å². The van der Waals surface area contributed by atoms with Crippen LogP contribution in [0.1, 0.15) is 29.9 Å². The molecule has 3 aromatic carbocycles. The zero-order valence-electron chi connectivity index (χ0n) is 21.7. The number of amides is 2. The van der Waals surface area contributed by atoms with Gasteiger partial charge in [-0.1, -0.05) is 85.4 Å². The molecule has 0 saturated heterocycles. The van der Waals surface area contributed by atoms with E-state index < -0.39 is 0 Å². The second kappa shape index (κ2) is 14.9. The molecule has 0 atom stereocenters. The summed E-state index contributed by atoms with van der Waals surface area (Å²) >= 11 is 0. The van der Waals surface area contributed by atoms with Crippen molar-refractivity contribution in [2.24, 2.45) is 0 Å². The van der Waals surface area contributed by atoms with E-state index in [9.17, 15) is 4.79 Å². The minimum Gasteiger partial charge on any atom is -0.320 e. The molecule has 0 heterocycles. The van der Waals surface area contributed by atoms with Crippen LogP contribution in [-0.2, 0) is 0 Å². The summed E-state index contributed by atoms with van der Waals surface area (Å²) < 4.78 is 0. The van der Waals surface area contributed by atoms with Crippen molar-refractivity contribution in [1.29, 1.82) is 0 Å². The first-order chi connectivity index (χ1) is 17.6. The Morgan fingerprint density at radius 1 is 0.833 bits per heavy atom. The number of nitrogens with one attached hydrogen (secondary N) is 2. The van der Waals surface area contributed by atoms with Crippen LogP contribution in [0.3, 0.4) is 0 Å². The van der Waals surface area contributed by atoms with E-state index in [1.165, 1.54) is 11.1 Å². The molecule has 2 amide bonds. The SMILES string of the molecule is C=C(CN(C)CCCNC)CN(CCC(c1ccccc1)c1ccccc1)C(=O)Nc1ccccc1. The van der Waals surface area contributed by atoms with Crippen molar-refractivity contribution in [3.63, 3.8) is 0 Å². The van der Waals surface area contributed by atoms with Gasteiger partial charge in [-0.3, -0.25) is 0 Å². The molecule has 190 valence electrons. The molecule has 2 N–H and O–H groups in total. The first kappa shape index (κ1) is 27.2. The Morgan fingerprint density at radius 3 is 1.94 bits per heavy atom. The zero-order chi connectivity index (χ0) is 25.6. The highest BCUT2D eigenvalue weighted by Crippen LogP contribution is 2.28. The summed E-state index contributed by atoms with van der Waals surface area (Å²) in [5.41, 5.74) is 4.34. The molecule has 0 aliphatic carbocycles. The average Bonchev–Trinajstić information content (AvgIpc) is 2.90. The van der Waals surface area contributed by atoms with Gasteiger partial charge in [-0.05, 0) is 68.9 Å². The van der Waals surface area contributed by atoms with Crippen LogP contribution in [0.4, 0.5) is 10.5 Å². The summed E-state index contributed by atoms with van der Waals surface area (Å²) in [6.45, 7) is 8.20. The van der Waals surface area contributed by atoms with Crippen LogP contribution in [0, 0.1) is 0 Å². The normalized spacial score (nSPS) is 11.0. The maximum absolute atomic E-state index is 13.4. The minimum absolute atomic E-state index is 0.0972. The third-order valence-corrected chi connectivity index (χ3v) is 6.28. The molecule has 5 heteroatoms. The molecular formula is C31H40N4O. The van der Waals surface area contributed by atoms with E-state index in [-0.39, 0.29) is 11.9 Å². The third kappa shape index (κ3) is 8.99. The van der Waals surface area contributed by atoms with Crippen molar-refractivity contribution in [3.05, 3.63) is 114 Å². The quantitative estimate of drug-likeness (QED) is 0.223. The van der Waals surface area contributed by atoms with Gasteiger partial charge in [0.05, 0.1) is 0 Å². The monoisotopic (exact) mass is 484 g/mol. The molecule has 3 rings (SSSR count). The van der Waals surface area contributed by atoms with E-state index in [1.807, 2.05) is 54.4 Å². The van der Waals surface area contributed by atoms with E-state index in [0.717, 1.165) is 43.7 Å². The number of anilines is 1. The Hall–Kier alpha value is -3.41. The van der Waals surface area contributed by atoms with Crippen LogP contribution in [0.2, 0.25) is 0 Å². The summed E-state index contributed by atoms with van der Waals surface area (Å²) in [5.74, 6) is 0.205. The molecule has 0 radical (unpaired) electrons. The molecule has 5 nitrogen and oxygen atoms in total. The number of nitrogens with zero attached hydrogens (tertiary/aromatic N) is 2. The lowest BCUT2D eigenvalue weighted by Crippen LogP contribution is -2.39. The van der Waals surface area contributed by atoms with Gasteiger partial charge in [0.15, 0.2) is 0 Å². The molecule has 0 aromatic heterocycles. The fraction of sp³-hybridized carbons (Fsp3) is 0.323. The van der Waals surface area contributed by atoms with Crippen LogP contribution in [0.25, 0.3) is 0 Å². The number of hydrogen-bond acceptors (Lipinski definition) is 3. The van der Waals surface area contributed by atoms with Crippen LogP contribution < -0.4 is 10.6 Å². The summed E-state index contributed by atoms with van der Waals surface area (Å²) in [6, 6.07) is 30.6. The summed E-state index contributed by atoms with van der Waals surface area (Å²) in [6.07, 6.45) is 1.90. The molecule has 0 aliphatic heterocycles. The second-order valence-electron chi connectivity index (χ2n) is 9.33. The van der Waals surface area contributed by atoms with E-state index >= 15 is 0 Å². The van der Waals surface area contributed by atoms with Crippen molar-refractivity contribution in [1.82, 2.24) is 15.1 Å². The number of carbonyl (C=O) groups excluding carboxylic acids is 1. The van der Waals surface area contributed by atoms with Crippen LogP contribution >= 0.6 is 0 Å². The zero-order valence-corrected chi connectivity index (χ0v) is 21.7. The summed E-state index contributed by atoms with van der Waals surface area (Å²) in [5, 5.41) is 6.26. The highest BCUT2D eigenvalue weighted by Gasteiger charge is 2.20. The number of para-hydroxylation sites is 1. The number of urea groups is 1. The van der Waals surface area contributed by atoms with Crippen molar-refractivity contribution in [3.8, 4) is 0 Å². The number of likely N-dealkylation sites (N-methyl/N-ethyl adjacent to an activating group) is 1. The Bertz CT molecular complexity index is 1000. The highest BCUT2D eigenvalue weighted by molar-refractivity contribution is 5.89. The predicted octanol–water partition coefficient (Wildman–Crippen LogP) is 5.84. The standard InChI is InChI=1S/C31H40N4O/c1-26(24-34(3)22-13-21-32-2)25-35(31(36)33-29-18-11-6-12-19-29)23-20-30(27-14-7-4-8-15-27)28-16-9-5-10-17-28/h4-12,14-19,30,32H,1,13,20-25H2,2-3H3,(H,33,36). The topological polar surface area (TPSA) is 47.6 Å². The van der Waals surface area contributed by atoms with Crippen LogP contribution in [0.5, 0.6) is 0 Å². The molecule has 0 aliphatic rings. The van der Waals surface area contributed by atoms with Crippen molar-refractivity contribution in [2.45, 2.75) is 18.8 Å². The number of rotatable bonds is 14. The Balaban J connectivity index is 1.72. The van der Waals surface area contributed by atoms with Gasteiger partial charge in [-0.15, -0.1) is 0 Å². The Labute approximate surface area is 216 Å². The molecule has 36 heavy (non-hydrogen) atoms. The number of carbonyl (C=O) groups is 1. The maximum Gasteiger partial charge on any atom is 0.322 e. The van der Waals surface area contributed by atoms with E-state index in [1.54, 1.807) is 0 Å². The number of hydrogen-bond donors (Lipinski definition) is 2. The van der Waals surface area contributed by atoms with Gasteiger partial charge < -0.3 is 20.4 Å². The minimum atomic E-state index is -0.0972. The molecule has 0 unspecified atom stereocenters. The van der Waals surface area contributed by atoms with Gasteiger partial charge in [0, 0.05) is 31.2 Å². The Morgan fingerprint density at radius 2 is 1.39 bits per heavy atom. The lowest BCUT2D eigenvalue weighted by Gasteiger charge is -2.28. The predicted molar refractivity (Wildman–Crippen MR) is 152 cm³/mol. The molecule has 3 aromatic rings. The van der Waals surface area contributed by atoms with Gasteiger partial charge >= 0.3 is 6.03 Å². The largest absolute Gasteiger partial charge is 0.322 e. The second-order valence-corrected chi connectivity index (χ2v) is 9.33. The van der Waals surface area contributed by atoms with E-state index in [0.29, 0.717) is 13.1 Å². The smallest absolute Gasteiger partial charge is 0.320 e. The van der Waals surface area contributed by atoms with Gasteiger partial charge in [-0.25, -0.2) is 4.79 Å². The van der Waals surface area contributed by atoms with Crippen molar-refractivity contribution < 1.29 is 4.79 Å². The fourth-order valence-corrected chi connectivity index (χ4v) is 4.46. The molecular weight excluding hydrogens is 444 g/mol. The van der Waals surface area contributed by atoms with Crippen LogP contribution in [-0.4, -0.2) is 62.7 Å². The lowest BCUT2D eigenvalue weighted by atomic mass is 9.88. The van der Waals surface area contributed by atoms with Crippen molar-refractivity contribution >= 4 is 11.7 Å². The lowest BCUT2D eigenvalue weighted by molar-refractivity contribution is 0.213. The molecule has 0 saturated carbocycles. The highest BCUT2D eigenvalue weighted by atomic mass is 16.2. The molecule has 0 fully saturated rings. The summed E-state index contributed by atoms with van der Waals surface area (Å²) in [7, 11) is 4.08. The van der Waals surface area contributed by atoms with Gasteiger partial charge in [0.2, 0.25) is 0 Å². The number of benzene rings is 3.